The smallest absolute Gasteiger partial charge is 0.374 e. The Hall–Kier alpha value is -3.09. The van der Waals surface area contributed by atoms with Gasteiger partial charge in [0.25, 0.3) is 0 Å². The van der Waals surface area contributed by atoms with Gasteiger partial charge < -0.3 is 14.2 Å². The van der Waals surface area contributed by atoms with Crippen LogP contribution in [-0.2, 0) is 7.05 Å². The zero-order chi connectivity index (χ0) is 15.9. The maximum absolute atomic E-state index is 12.1. The molecule has 0 saturated heterocycles. The molecule has 7 nitrogen and oxygen atoms in total. The van der Waals surface area contributed by atoms with Crippen LogP contribution in [0.1, 0.15) is 16.2 Å². The van der Waals surface area contributed by atoms with Gasteiger partial charge in [0.15, 0.2) is 0 Å². The molecule has 112 valence electrons. The van der Waals surface area contributed by atoms with Gasteiger partial charge in [0, 0.05) is 30.6 Å². The van der Waals surface area contributed by atoms with Crippen LogP contribution in [0.3, 0.4) is 0 Å². The molecule has 0 atom stereocenters. The molecule has 0 unspecified atom stereocenters. The molecule has 0 radical (unpaired) electrons. The second kappa shape index (κ2) is 5.03. The van der Waals surface area contributed by atoms with E-state index in [1.807, 2.05) is 6.92 Å². The van der Waals surface area contributed by atoms with Crippen molar-refractivity contribution >= 4 is 5.97 Å². The number of carboxylic acid groups (broad SMARTS) is 1. The second-order valence-electron chi connectivity index (χ2n) is 4.93. The third-order valence-electron chi connectivity index (χ3n) is 3.35. The summed E-state index contributed by atoms with van der Waals surface area (Å²) < 4.78 is 7.83. The first-order valence-electron chi connectivity index (χ1n) is 6.53. The summed E-state index contributed by atoms with van der Waals surface area (Å²) in [5, 5.41) is 12.6. The number of rotatable bonds is 3. The molecule has 2 aromatic heterocycles. The maximum Gasteiger partial charge on any atom is 0.374 e. The van der Waals surface area contributed by atoms with Gasteiger partial charge in [-0.15, -0.1) is 0 Å². The van der Waals surface area contributed by atoms with E-state index in [0.29, 0.717) is 16.9 Å². The van der Waals surface area contributed by atoms with Crippen LogP contribution in [0.4, 0.5) is 0 Å². The van der Waals surface area contributed by atoms with E-state index in [4.69, 9.17) is 9.63 Å². The van der Waals surface area contributed by atoms with Gasteiger partial charge in [-0.1, -0.05) is 17.3 Å². The van der Waals surface area contributed by atoms with E-state index in [1.54, 1.807) is 42.1 Å². The molecule has 0 aliphatic carbocycles. The summed E-state index contributed by atoms with van der Waals surface area (Å²) in [6, 6.07) is 8.46. The molecular weight excluding hydrogens is 286 g/mol. The monoisotopic (exact) mass is 299 g/mol. The van der Waals surface area contributed by atoms with E-state index in [2.05, 4.69) is 5.16 Å². The van der Waals surface area contributed by atoms with Crippen LogP contribution in [-0.4, -0.2) is 25.4 Å². The Bertz CT molecular complexity index is 917. The number of carbonyl (C=O) groups is 1. The van der Waals surface area contributed by atoms with Crippen molar-refractivity contribution in [3.8, 4) is 16.9 Å². The van der Waals surface area contributed by atoms with E-state index in [1.165, 1.54) is 10.6 Å². The molecule has 3 rings (SSSR count). The normalized spacial score (nSPS) is 10.8. The summed E-state index contributed by atoms with van der Waals surface area (Å²) in [5.74, 6) is -1.40. The lowest BCUT2D eigenvalue weighted by molar-refractivity contribution is 0.0652. The number of nitrogens with zero attached hydrogens (tertiary/aromatic N) is 3. The number of aromatic nitrogens is 3. The molecule has 1 N–H and O–H groups in total. The summed E-state index contributed by atoms with van der Waals surface area (Å²) in [7, 11) is 1.69. The number of imidazole rings is 1. The molecule has 0 saturated carbocycles. The highest BCUT2D eigenvalue weighted by molar-refractivity contribution is 5.85. The van der Waals surface area contributed by atoms with Gasteiger partial charge in [0.1, 0.15) is 5.69 Å². The van der Waals surface area contributed by atoms with Gasteiger partial charge in [-0.3, -0.25) is 4.57 Å². The van der Waals surface area contributed by atoms with Gasteiger partial charge in [-0.2, -0.15) is 0 Å². The lowest BCUT2D eigenvalue weighted by Crippen LogP contribution is -2.21. The lowest BCUT2D eigenvalue weighted by Gasteiger charge is -2.05. The Morgan fingerprint density at radius 3 is 2.68 bits per heavy atom. The summed E-state index contributed by atoms with van der Waals surface area (Å²) in [4.78, 5) is 23.0. The van der Waals surface area contributed by atoms with Crippen molar-refractivity contribution in [1.29, 1.82) is 0 Å². The average molecular weight is 299 g/mol. The molecule has 3 aromatic rings. The predicted molar refractivity (Wildman–Crippen MR) is 78.2 cm³/mol. The first-order chi connectivity index (χ1) is 10.5. The molecule has 0 fully saturated rings. The highest BCUT2D eigenvalue weighted by Crippen LogP contribution is 2.22. The molecule has 0 aliphatic heterocycles. The average Bonchev–Trinajstić information content (AvgIpc) is 3.06. The van der Waals surface area contributed by atoms with Crippen LogP contribution in [0.25, 0.3) is 16.9 Å². The quantitative estimate of drug-likeness (QED) is 0.797. The van der Waals surface area contributed by atoms with Crippen molar-refractivity contribution in [1.82, 2.24) is 14.3 Å². The molecule has 0 spiro atoms. The lowest BCUT2D eigenvalue weighted by atomic mass is 10.1. The zero-order valence-corrected chi connectivity index (χ0v) is 12.0. The third kappa shape index (κ3) is 2.22. The number of aromatic carboxylic acids is 1. The Labute approximate surface area is 125 Å². The van der Waals surface area contributed by atoms with Crippen molar-refractivity contribution in [2.45, 2.75) is 6.92 Å². The molecule has 1 aromatic carbocycles. The van der Waals surface area contributed by atoms with Crippen molar-refractivity contribution in [3.05, 3.63) is 58.5 Å². The maximum atomic E-state index is 12.1. The molecular formula is C15H13N3O4. The topological polar surface area (TPSA) is 90.3 Å². The highest BCUT2D eigenvalue weighted by atomic mass is 16.5. The van der Waals surface area contributed by atoms with Gasteiger partial charge in [-0.05, 0) is 19.1 Å². The van der Waals surface area contributed by atoms with Crippen LogP contribution in [0, 0.1) is 6.92 Å². The standard InChI is InChI=1S/C15H13N3O4/c1-9-8-17(2)15(21)18(9)11-5-3-4-10(6-11)12-7-13(14(19)20)22-16-12/h3-8H,1-2H3,(H,19,20). The molecule has 2 heterocycles. The Morgan fingerprint density at radius 2 is 2.09 bits per heavy atom. The van der Waals surface area contributed by atoms with Crippen molar-refractivity contribution < 1.29 is 14.4 Å². The fourth-order valence-corrected chi connectivity index (χ4v) is 2.33. The van der Waals surface area contributed by atoms with Crippen LogP contribution >= 0.6 is 0 Å². The predicted octanol–water partition coefficient (Wildman–Crippen LogP) is 1.84. The summed E-state index contributed by atoms with van der Waals surface area (Å²) in [5.41, 5.74) is 2.40. The number of benzene rings is 1. The number of aryl methyl sites for hydroxylation is 2. The fourth-order valence-electron chi connectivity index (χ4n) is 2.33. The highest BCUT2D eigenvalue weighted by Gasteiger charge is 2.14. The Kier molecular flexibility index (Phi) is 3.17. The van der Waals surface area contributed by atoms with E-state index in [9.17, 15) is 9.59 Å². The van der Waals surface area contributed by atoms with Crippen LogP contribution in [0.15, 0.2) is 45.8 Å². The SMILES string of the molecule is Cc1cn(C)c(=O)n1-c1cccc(-c2cc(C(=O)O)on2)c1. The largest absolute Gasteiger partial charge is 0.475 e. The van der Waals surface area contributed by atoms with Crippen LogP contribution < -0.4 is 5.69 Å². The molecule has 7 heteroatoms. The van der Waals surface area contributed by atoms with Gasteiger partial charge in [-0.25, -0.2) is 9.59 Å². The summed E-state index contributed by atoms with van der Waals surface area (Å²) in [6.45, 7) is 1.84. The van der Waals surface area contributed by atoms with Crippen LogP contribution in [0.5, 0.6) is 0 Å². The van der Waals surface area contributed by atoms with Gasteiger partial charge in [0.05, 0.1) is 5.69 Å². The fraction of sp³-hybridized carbons (Fsp3) is 0.133. The Balaban J connectivity index is 2.09. The van der Waals surface area contributed by atoms with Crippen molar-refractivity contribution in [2.24, 2.45) is 7.05 Å². The van der Waals surface area contributed by atoms with E-state index >= 15 is 0 Å². The van der Waals surface area contributed by atoms with Gasteiger partial charge in [0.2, 0.25) is 5.76 Å². The Morgan fingerprint density at radius 1 is 1.32 bits per heavy atom. The molecule has 0 bridgehead atoms. The third-order valence-corrected chi connectivity index (χ3v) is 3.35. The first-order valence-corrected chi connectivity index (χ1v) is 6.53. The van der Waals surface area contributed by atoms with Crippen LogP contribution in [0.2, 0.25) is 0 Å². The first kappa shape index (κ1) is 13.9. The summed E-state index contributed by atoms with van der Waals surface area (Å²) in [6.07, 6.45) is 1.74. The zero-order valence-electron chi connectivity index (χ0n) is 12.0. The minimum absolute atomic E-state index is 0.152. The van der Waals surface area contributed by atoms with E-state index < -0.39 is 5.97 Å². The summed E-state index contributed by atoms with van der Waals surface area (Å²) >= 11 is 0. The number of hydrogen-bond donors (Lipinski definition) is 1. The van der Waals surface area contributed by atoms with E-state index in [-0.39, 0.29) is 11.4 Å². The van der Waals surface area contributed by atoms with Gasteiger partial charge >= 0.3 is 11.7 Å². The minimum Gasteiger partial charge on any atom is -0.475 e. The molecule has 0 aliphatic rings. The minimum atomic E-state index is -1.18. The van der Waals surface area contributed by atoms with Crippen molar-refractivity contribution in [3.63, 3.8) is 0 Å². The second-order valence-corrected chi connectivity index (χ2v) is 4.93. The molecule has 22 heavy (non-hydrogen) atoms. The molecule has 0 amide bonds. The number of carboxylic acids is 1. The number of hydrogen-bond acceptors (Lipinski definition) is 4. The van der Waals surface area contributed by atoms with Crippen molar-refractivity contribution in [2.75, 3.05) is 0 Å². The van der Waals surface area contributed by atoms with E-state index in [0.717, 1.165) is 5.69 Å².